The second-order valence-electron chi connectivity index (χ2n) is 4.24. The van der Waals surface area contributed by atoms with Crippen LogP contribution in [0, 0.1) is 11.7 Å². The first-order valence-corrected chi connectivity index (χ1v) is 5.90. The number of ether oxygens (including phenoxy) is 1. The summed E-state index contributed by atoms with van der Waals surface area (Å²) in [6, 6.07) is 2.52. The van der Waals surface area contributed by atoms with Crippen LogP contribution in [0.25, 0.3) is 0 Å². The molecular weight excluding hydrogens is 261 g/mol. The minimum atomic E-state index is -0.836. The number of rotatable bonds is 3. The Balaban J connectivity index is 2.29. The van der Waals surface area contributed by atoms with Gasteiger partial charge in [0.15, 0.2) is 0 Å². The smallest absolute Gasteiger partial charge is 0.307 e. The summed E-state index contributed by atoms with van der Waals surface area (Å²) in [6.45, 7) is 0.387. The van der Waals surface area contributed by atoms with Gasteiger partial charge in [-0.2, -0.15) is 0 Å². The zero-order chi connectivity index (χ0) is 13.3. The number of benzene rings is 1. The fourth-order valence-electron chi connectivity index (χ4n) is 2.15. The second kappa shape index (κ2) is 5.12. The first kappa shape index (κ1) is 13.1. The molecule has 0 spiro atoms. The lowest BCUT2D eigenvalue weighted by Gasteiger charge is -2.15. The summed E-state index contributed by atoms with van der Waals surface area (Å²) in [5.74, 6) is -1.45. The topological polar surface area (TPSA) is 58.6 Å². The summed E-state index contributed by atoms with van der Waals surface area (Å²) in [7, 11) is 1.44. The molecule has 2 atom stereocenters. The van der Waals surface area contributed by atoms with Crippen LogP contribution in [0.4, 0.5) is 4.39 Å². The largest absolute Gasteiger partial charge is 0.496 e. The van der Waals surface area contributed by atoms with Gasteiger partial charge in [0.05, 0.1) is 18.1 Å². The summed E-state index contributed by atoms with van der Waals surface area (Å²) >= 11 is 5.75. The number of hydrogen-bond acceptors (Lipinski definition) is 3. The number of aliphatic carboxylic acids is 1. The highest BCUT2D eigenvalue weighted by molar-refractivity contribution is 6.30. The van der Waals surface area contributed by atoms with Crippen LogP contribution in [0.15, 0.2) is 12.1 Å². The second-order valence-corrected chi connectivity index (χ2v) is 4.65. The molecule has 1 aromatic rings. The van der Waals surface area contributed by atoms with Gasteiger partial charge >= 0.3 is 5.97 Å². The Labute approximate surface area is 109 Å². The van der Waals surface area contributed by atoms with Crippen molar-refractivity contribution < 1.29 is 19.0 Å². The zero-order valence-corrected chi connectivity index (χ0v) is 10.5. The Morgan fingerprint density at radius 2 is 2.33 bits per heavy atom. The molecule has 2 unspecified atom stereocenters. The zero-order valence-electron chi connectivity index (χ0n) is 9.74. The van der Waals surface area contributed by atoms with E-state index in [4.69, 9.17) is 21.4 Å². The van der Waals surface area contributed by atoms with Gasteiger partial charge in [0.1, 0.15) is 11.6 Å². The molecule has 98 valence electrons. The first-order chi connectivity index (χ1) is 8.52. The van der Waals surface area contributed by atoms with Crippen LogP contribution in [0.3, 0.4) is 0 Å². The summed E-state index contributed by atoms with van der Waals surface area (Å²) in [5.41, 5.74) is 0.688. The molecule has 0 aliphatic carbocycles. The van der Waals surface area contributed by atoms with Gasteiger partial charge in [-0.15, -0.1) is 0 Å². The summed E-state index contributed by atoms with van der Waals surface area (Å²) in [6.07, 6.45) is 0.438. The molecule has 1 aliphatic rings. The third-order valence-electron chi connectivity index (χ3n) is 3.13. The Morgan fingerprint density at radius 3 is 2.89 bits per heavy atom. The Morgan fingerprint density at radius 1 is 1.61 bits per heavy atom. The minimum Gasteiger partial charge on any atom is -0.496 e. The number of nitrogens with one attached hydrogen (secondary N) is 1. The highest BCUT2D eigenvalue weighted by Gasteiger charge is 2.32. The number of carbonyl (C=O) groups is 1. The molecule has 18 heavy (non-hydrogen) atoms. The Kier molecular flexibility index (Phi) is 3.73. The highest BCUT2D eigenvalue weighted by atomic mass is 35.5. The van der Waals surface area contributed by atoms with E-state index in [0.29, 0.717) is 24.3 Å². The maximum absolute atomic E-state index is 13.3. The molecule has 0 bridgehead atoms. The van der Waals surface area contributed by atoms with Gasteiger partial charge in [0.25, 0.3) is 0 Å². The van der Waals surface area contributed by atoms with E-state index < -0.39 is 17.7 Å². The van der Waals surface area contributed by atoms with E-state index in [1.165, 1.54) is 19.2 Å². The highest BCUT2D eigenvalue weighted by Crippen LogP contribution is 2.36. The fraction of sp³-hybridized carbons (Fsp3) is 0.417. The lowest BCUT2D eigenvalue weighted by molar-refractivity contribution is -0.141. The van der Waals surface area contributed by atoms with Gasteiger partial charge in [-0.25, -0.2) is 4.39 Å². The molecule has 0 saturated carbocycles. The molecule has 2 N–H and O–H groups in total. The number of carboxylic acids is 1. The van der Waals surface area contributed by atoms with Crippen molar-refractivity contribution in [3.05, 3.63) is 28.5 Å². The molecule has 0 aromatic heterocycles. The number of carboxylic acid groups (broad SMARTS) is 1. The molecule has 0 radical (unpaired) electrons. The van der Waals surface area contributed by atoms with Crippen LogP contribution in [-0.4, -0.2) is 24.7 Å². The van der Waals surface area contributed by atoms with Crippen molar-refractivity contribution in [2.45, 2.75) is 12.5 Å². The molecule has 1 saturated heterocycles. The normalized spacial score (nSPS) is 23.1. The van der Waals surface area contributed by atoms with Crippen LogP contribution < -0.4 is 10.1 Å². The van der Waals surface area contributed by atoms with Crippen molar-refractivity contribution in [2.75, 3.05) is 13.7 Å². The molecule has 2 rings (SSSR count). The van der Waals surface area contributed by atoms with E-state index in [2.05, 4.69) is 5.32 Å². The van der Waals surface area contributed by atoms with Gasteiger partial charge in [0, 0.05) is 24.2 Å². The summed E-state index contributed by atoms with van der Waals surface area (Å²) in [4.78, 5) is 10.9. The predicted octanol–water partition coefficient (Wildman–Crippen LogP) is 2.22. The number of halogens is 2. The van der Waals surface area contributed by atoms with Crippen molar-refractivity contribution in [3.63, 3.8) is 0 Å². The van der Waals surface area contributed by atoms with E-state index in [1.54, 1.807) is 0 Å². The summed E-state index contributed by atoms with van der Waals surface area (Å²) < 4.78 is 18.4. The molecule has 4 nitrogen and oxygen atoms in total. The standard InChI is InChI=1S/C12H13ClFNO3/c1-18-11-4-9(14)8(13)3-7(11)10-2-6(5-15-10)12(16)17/h3-4,6,10,15H,2,5H2,1H3,(H,16,17). The summed E-state index contributed by atoms with van der Waals surface area (Å²) in [5, 5.41) is 12.0. The lowest BCUT2D eigenvalue weighted by Crippen LogP contribution is -2.17. The number of methoxy groups -OCH3 is 1. The van der Waals surface area contributed by atoms with Crippen molar-refractivity contribution >= 4 is 17.6 Å². The molecule has 1 aromatic carbocycles. The SMILES string of the molecule is COc1cc(F)c(Cl)cc1C1CC(C(=O)O)CN1. The maximum atomic E-state index is 13.3. The maximum Gasteiger partial charge on any atom is 0.307 e. The number of hydrogen-bond donors (Lipinski definition) is 2. The molecule has 0 amide bonds. The van der Waals surface area contributed by atoms with Crippen molar-refractivity contribution in [2.24, 2.45) is 5.92 Å². The molecular formula is C12H13ClFNO3. The monoisotopic (exact) mass is 273 g/mol. The fourth-order valence-corrected chi connectivity index (χ4v) is 2.33. The molecule has 1 aliphatic heterocycles. The van der Waals surface area contributed by atoms with Crippen LogP contribution in [0.1, 0.15) is 18.0 Å². The van der Waals surface area contributed by atoms with E-state index in [-0.39, 0.29) is 11.1 Å². The molecule has 1 heterocycles. The first-order valence-electron chi connectivity index (χ1n) is 5.52. The molecule has 1 fully saturated rings. The average molecular weight is 274 g/mol. The third-order valence-corrected chi connectivity index (χ3v) is 3.42. The quantitative estimate of drug-likeness (QED) is 0.887. The predicted molar refractivity (Wildman–Crippen MR) is 64.4 cm³/mol. The van der Waals surface area contributed by atoms with E-state index in [1.807, 2.05) is 0 Å². The van der Waals surface area contributed by atoms with E-state index >= 15 is 0 Å². The lowest BCUT2D eigenvalue weighted by atomic mass is 9.99. The van der Waals surface area contributed by atoms with Crippen molar-refractivity contribution in [1.82, 2.24) is 5.32 Å². The van der Waals surface area contributed by atoms with Crippen LogP contribution in [-0.2, 0) is 4.79 Å². The van der Waals surface area contributed by atoms with Crippen molar-refractivity contribution in [3.8, 4) is 5.75 Å². The van der Waals surface area contributed by atoms with Gasteiger partial charge < -0.3 is 15.2 Å². The Hall–Kier alpha value is -1.33. The minimum absolute atomic E-state index is 0.00590. The van der Waals surface area contributed by atoms with Gasteiger partial charge in [-0.1, -0.05) is 11.6 Å². The van der Waals surface area contributed by atoms with Crippen LogP contribution in [0.5, 0.6) is 5.75 Å². The Bertz CT molecular complexity index is 481. The van der Waals surface area contributed by atoms with Crippen molar-refractivity contribution in [1.29, 1.82) is 0 Å². The van der Waals surface area contributed by atoms with Gasteiger partial charge in [-0.3, -0.25) is 4.79 Å². The van der Waals surface area contributed by atoms with Crippen LogP contribution in [0.2, 0.25) is 5.02 Å². The van der Waals surface area contributed by atoms with E-state index in [0.717, 1.165) is 0 Å². The van der Waals surface area contributed by atoms with E-state index in [9.17, 15) is 9.18 Å². The van der Waals surface area contributed by atoms with Gasteiger partial charge in [-0.05, 0) is 12.5 Å². The molecule has 6 heteroatoms. The van der Waals surface area contributed by atoms with Crippen LogP contribution >= 0.6 is 11.6 Å². The van der Waals surface area contributed by atoms with Gasteiger partial charge in [0.2, 0.25) is 0 Å². The third kappa shape index (κ3) is 2.42. The average Bonchev–Trinajstić information content (AvgIpc) is 2.81.